The van der Waals surface area contributed by atoms with E-state index in [2.05, 4.69) is 10.6 Å². The maximum Gasteiger partial charge on any atom is 0.243 e. The fraction of sp³-hybridized carbons (Fsp3) is 0.300. The number of fused-ring (bicyclic) bond motifs is 1. The highest BCUT2D eigenvalue weighted by Gasteiger charge is 2.22. The maximum atomic E-state index is 12.2. The molecule has 0 aliphatic carbocycles. The van der Waals surface area contributed by atoms with Crippen LogP contribution in [0.1, 0.15) is 19.4 Å². The van der Waals surface area contributed by atoms with Crippen LogP contribution in [0.2, 0.25) is 0 Å². The van der Waals surface area contributed by atoms with E-state index in [1.165, 1.54) is 0 Å². The normalized spacial score (nSPS) is 12.5. The Morgan fingerprint density at radius 1 is 1.19 bits per heavy atom. The van der Waals surface area contributed by atoms with Crippen molar-refractivity contribution >= 4 is 28.9 Å². The summed E-state index contributed by atoms with van der Waals surface area (Å²) in [7, 11) is 0. The van der Waals surface area contributed by atoms with E-state index in [-0.39, 0.29) is 18.4 Å². The number of nitrogens with one attached hydrogen (secondary N) is 2. The van der Waals surface area contributed by atoms with E-state index in [1.807, 2.05) is 49.4 Å². The Kier molecular flexibility index (Phi) is 5.41. The van der Waals surface area contributed by atoms with Gasteiger partial charge in [-0.05, 0) is 49.2 Å². The lowest BCUT2D eigenvalue weighted by Gasteiger charge is -2.15. The summed E-state index contributed by atoms with van der Waals surface area (Å²) < 4.78 is 5.54. The minimum absolute atomic E-state index is 0.0395. The van der Waals surface area contributed by atoms with E-state index in [1.54, 1.807) is 11.8 Å². The number of carbonyl (C=O) groups is 2. The Labute approximate surface area is 153 Å². The molecule has 0 atom stereocenters. The van der Waals surface area contributed by atoms with Crippen LogP contribution in [0.3, 0.4) is 0 Å². The molecule has 2 N–H and O–H groups in total. The SMILES string of the molecule is CCOc1ccccc1NCC(=O)Nc1ccc2c(c1)CCN2C(C)=O. The summed E-state index contributed by atoms with van der Waals surface area (Å²) in [4.78, 5) is 25.6. The topological polar surface area (TPSA) is 70.7 Å². The minimum Gasteiger partial charge on any atom is -0.492 e. The Bertz CT molecular complexity index is 820. The van der Waals surface area contributed by atoms with Crippen LogP contribution in [0, 0.1) is 0 Å². The summed E-state index contributed by atoms with van der Waals surface area (Å²) in [5.41, 5.74) is 3.53. The van der Waals surface area contributed by atoms with Gasteiger partial charge in [0.2, 0.25) is 11.8 Å². The van der Waals surface area contributed by atoms with Gasteiger partial charge in [-0.25, -0.2) is 0 Å². The van der Waals surface area contributed by atoms with E-state index in [0.29, 0.717) is 13.2 Å². The third-order valence-corrected chi connectivity index (χ3v) is 4.27. The van der Waals surface area contributed by atoms with Crippen molar-refractivity contribution in [1.82, 2.24) is 0 Å². The van der Waals surface area contributed by atoms with Gasteiger partial charge in [-0.2, -0.15) is 0 Å². The standard InChI is InChI=1S/C20H23N3O3/c1-3-26-19-7-5-4-6-17(19)21-13-20(25)22-16-8-9-18-15(12-16)10-11-23(18)14(2)24/h4-9,12,21H,3,10-11,13H2,1-2H3,(H,22,25). The van der Waals surface area contributed by atoms with Crippen molar-refractivity contribution < 1.29 is 14.3 Å². The van der Waals surface area contributed by atoms with Gasteiger partial charge in [0.25, 0.3) is 0 Å². The number of hydrogen-bond donors (Lipinski definition) is 2. The zero-order valence-electron chi connectivity index (χ0n) is 15.0. The molecule has 0 saturated heterocycles. The molecule has 6 nitrogen and oxygen atoms in total. The van der Waals surface area contributed by atoms with Crippen LogP contribution < -0.4 is 20.3 Å². The Hall–Kier alpha value is -3.02. The highest BCUT2D eigenvalue weighted by atomic mass is 16.5. The summed E-state index contributed by atoms with van der Waals surface area (Å²) in [6.45, 7) is 4.89. The zero-order valence-corrected chi connectivity index (χ0v) is 15.0. The molecule has 26 heavy (non-hydrogen) atoms. The first-order valence-electron chi connectivity index (χ1n) is 8.75. The van der Waals surface area contributed by atoms with Gasteiger partial charge in [-0.15, -0.1) is 0 Å². The first-order valence-corrected chi connectivity index (χ1v) is 8.75. The molecular formula is C20H23N3O3. The van der Waals surface area contributed by atoms with Crippen molar-refractivity contribution in [2.75, 3.05) is 35.2 Å². The zero-order chi connectivity index (χ0) is 18.5. The molecule has 0 unspecified atom stereocenters. The van der Waals surface area contributed by atoms with Gasteiger partial charge in [0.1, 0.15) is 5.75 Å². The Morgan fingerprint density at radius 3 is 2.77 bits per heavy atom. The molecule has 136 valence electrons. The van der Waals surface area contributed by atoms with Crippen LogP contribution >= 0.6 is 0 Å². The maximum absolute atomic E-state index is 12.2. The number of amides is 2. The molecule has 1 aliphatic rings. The van der Waals surface area contributed by atoms with E-state index in [0.717, 1.165) is 34.8 Å². The van der Waals surface area contributed by atoms with Crippen LogP contribution in [-0.4, -0.2) is 31.5 Å². The third kappa shape index (κ3) is 3.96. The molecule has 3 rings (SSSR count). The molecule has 0 aromatic heterocycles. The third-order valence-electron chi connectivity index (χ3n) is 4.27. The molecular weight excluding hydrogens is 330 g/mol. The number of carbonyl (C=O) groups excluding carboxylic acids is 2. The van der Waals surface area contributed by atoms with E-state index >= 15 is 0 Å². The molecule has 2 amide bonds. The fourth-order valence-corrected chi connectivity index (χ4v) is 3.08. The summed E-state index contributed by atoms with van der Waals surface area (Å²) in [5.74, 6) is 0.625. The molecule has 0 fully saturated rings. The smallest absolute Gasteiger partial charge is 0.243 e. The van der Waals surface area contributed by atoms with Crippen molar-refractivity contribution in [3.05, 3.63) is 48.0 Å². The van der Waals surface area contributed by atoms with Crippen LogP contribution in [0.15, 0.2) is 42.5 Å². The molecule has 2 aromatic carbocycles. The lowest BCUT2D eigenvalue weighted by atomic mass is 10.1. The fourth-order valence-electron chi connectivity index (χ4n) is 3.08. The lowest BCUT2D eigenvalue weighted by Crippen LogP contribution is -2.25. The quantitative estimate of drug-likeness (QED) is 0.837. The van der Waals surface area contributed by atoms with Crippen molar-refractivity contribution in [2.24, 2.45) is 0 Å². The van der Waals surface area contributed by atoms with Crippen molar-refractivity contribution in [3.63, 3.8) is 0 Å². The molecule has 1 aliphatic heterocycles. The predicted octanol–water partition coefficient (Wildman–Crippen LogP) is 3.04. The molecule has 2 aromatic rings. The molecule has 0 spiro atoms. The van der Waals surface area contributed by atoms with Gasteiger partial charge in [-0.1, -0.05) is 12.1 Å². The Morgan fingerprint density at radius 2 is 2.00 bits per heavy atom. The molecule has 0 saturated carbocycles. The predicted molar refractivity (Wildman–Crippen MR) is 103 cm³/mol. The second-order valence-corrected chi connectivity index (χ2v) is 6.10. The second-order valence-electron chi connectivity index (χ2n) is 6.10. The number of ether oxygens (including phenoxy) is 1. The average Bonchev–Trinajstić information content (AvgIpc) is 3.05. The number of para-hydroxylation sites is 2. The van der Waals surface area contributed by atoms with E-state index in [9.17, 15) is 9.59 Å². The number of rotatable bonds is 6. The van der Waals surface area contributed by atoms with Crippen LogP contribution in [0.5, 0.6) is 5.75 Å². The summed E-state index contributed by atoms with van der Waals surface area (Å²) >= 11 is 0. The first kappa shape index (κ1) is 17.8. The molecule has 1 heterocycles. The summed E-state index contributed by atoms with van der Waals surface area (Å²) in [5, 5.41) is 5.99. The highest BCUT2D eigenvalue weighted by molar-refractivity contribution is 5.96. The van der Waals surface area contributed by atoms with Crippen LogP contribution in [0.4, 0.5) is 17.1 Å². The monoisotopic (exact) mass is 353 g/mol. The number of benzene rings is 2. The number of nitrogens with zero attached hydrogens (tertiary/aromatic N) is 1. The van der Waals surface area contributed by atoms with E-state index in [4.69, 9.17) is 4.74 Å². The van der Waals surface area contributed by atoms with Gasteiger partial charge < -0.3 is 20.3 Å². The van der Waals surface area contributed by atoms with Crippen LogP contribution in [-0.2, 0) is 16.0 Å². The van der Waals surface area contributed by atoms with Gasteiger partial charge in [-0.3, -0.25) is 9.59 Å². The molecule has 0 radical (unpaired) electrons. The molecule has 6 heteroatoms. The minimum atomic E-state index is -0.141. The number of hydrogen-bond acceptors (Lipinski definition) is 4. The van der Waals surface area contributed by atoms with Gasteiger partial charge in [0.15, 0.2) is 0 Å². The highest BCUT2D eigenvalue weighted by Crippen LogP contribution is 2.30. The van der Waals surface area contributed by atoms with Crippen molar-refractivity contribution in [2.45, 2.75) is 20.3 Å². The van der Waals surface area contributed by atoms with Crippen molar-refractivity contribution in [3.8, 4) is 5.75 Å². The van der Waals surface area contributed by atoms with E-state index < -0.39 is 0 Å². The van der Waals surface area contributed by atoms with Gasteiger partial charge in [0.05, 0.1) is 18.8 Å². The number of anilines is 3. The first-order chi connectivity index (χ1) is 12.6. The summed E-state index contributed by atoms with van der Waals surface area (Å²) in [6, 6.07) is 13.2. The van der Waals surface area contributed by atoms with Gasteiger partial charge >= 0.3 is 0 Å². The Balaban J connectivity index is 1.60. The largest absolute Gasteiger partial charge is 0.492 e. The van der Waals surface area contributed by atoms with Crippen molar-refractivity contribution in [1.29, 1.82) is 0 Å². The summed E-state index contributed by atoms with van der Waals surface area (Å²) in [6.07, 6.45) is 0.804. The second kappa shape index (κ2) is 7.91. The average molecular weight is 353 g/mol. The lowest BCUT2D eigenvalue weighted by molar-refractivity contribution is -0.116. The van der Waals surface area contributed by atoms with Gasteiger partial charge in [0, 0.05) is 24.8 Å². The molecule has 0 bridgehead atoms. The van der Waals surface area contributed by atoms with Crippen LogP contribution in [0.25, 0.3) is 0 Å².